The second kappa shape index (κ2) is 4.18. The van der Waals surface area contributed by atoms with Crippen LogP contribution in [0.1, 0.15) is 22.8 Å². The van der Waals surface area contributed by atoms with Crippen molar-refractivity contribution in [1.82, 2.24) is 19.9 Å². The van der Waals surface area contributed by atoms with Crippen LogP contribution in [0.15, 0.2) is 4.52 Å². The van der Waals surface area contributed by atoms with Crippen LogP contribution in [0.3, 0.4) is 0 Å². The van der Waals surface area contributed by atoms with E-state index < -0.39 is 0 Å². The van der Waals surface area contributed by atoms with E-state index in [1.165, 1.54) is 0 Å². The number of aliphatic hydroxyl groups is 1. The summed E-state index contributed by atoms with van der Waals surface area (Å²) in [5.74, 6) is 1.26. The molecule has 0 saturated heterocycles. The number of nitrogens with zero attached hydrogens (tertiary/aromatic N) is 3. The minimum absolute atomic E-state index is 0.156. The van der Waals surface area contributed by atoms with Gasteiger partial charge in [-0.15, -0.1) is 0 Å². The van der Waals surface area contributed by atoms with Crippen LogP contribution in [-0.4, -0.2) is 25.0 Å². The molecular formula is C9H12N4O2S. The van der Waals surface area contributed by atoms with Crippen molar-refractivity contribution in [2.75, 3.05) is 0 Å². The Morgan fingerprint density at radius 2 is 2.25 bits per heavy atom. The number of H-pyrrole nitrogens is 1. The molecular weight excluding hydrogens is 228 g/mol. The van der Waals surface area contributed by atoms with E-state index in [4.69, 9.17) is 21.8 Å². The van der Waals surface area contributed by atoms with Gasteiger partial charge in [-0.05, 0) is 26.1 Å². The zero-order valence-corrected chi connectivity index (χ0v) is 9.84. The van der Waals surface area contributed by atoms with Gasteiger partial charge in [-0.1, -0.05) is 5.16 Å². The van der Waals surface area contributed by atoms with Crippen LogP contribution in [0, 0.1) is 18.6 Å². The van der Waals surface area contributed by atoms with Gasteiger partial charge in [0.15, 0.2) is 10.6 Å². The maximum Gasteiger partial charge on any atom is 0.195 e. The highest BCUT2D eigenvalue weighted by molar-refractivity contribution is 7.71. The molecule has 0 aliphatic rings. The minimum Gasteiger partial charge on any atom is -0.388 e. The lowest BCUT2D eigenvalue weighted by Gasteiger charge is -2.04. The monoisotopic (exact) mass is 240 g/mol. The van der Waals surface area contributed by atoms with E-state index >= 15 is 0 Å². The van der Waals surface area contributed by atoms with Gasteiger partial charge in [-0.2, -0.15) is 5.10 Å². The van der Waals surface area contributed by atoms with Crippen molar-refractivity contribution in [1.29, 1.82) is 0 Å². The Labute approximate surface area is 96.9 Å². The van der Waals surface area contributed by atoms with E-state index in [9.17, 15) is 0 Å². The van der Waals surface area contributed by atoms with Gasteiger partial charge in [0.05, 0.1) is 12.2 Å². The summed E-state index contributed by atoms with van der Waals surface area (Å²) >= 11 is 5.08. The molecule has 2 aromatic heterocycles. The number of hydrogen-bond acceptors (Lipinski definition) is 5. The Morgan fingerprint density at radius 3 is 2.81 bits per heavy atom. The number of hydrogen-bond donors (Lipinski definition) is 2. The van der Waals surface area contributed by atoms with Crippen molar-refractivity contribution in [2.24, 2.45) is 0 Å². The lowest BCUT2D eigenvalue weighted by atomic mass is 10.2. The summed E-state index contributed by atoms with van der Waals surface area (Å²) in [5, 5.41) is 19.5. The first-order valence-corrected chi connectivity index (χ1v) is 5.21. The van der Waals surface area contributed by atoms with E-state index in [1.54, 1.807) is 4.57 Å². The first kappa shape index (κ1) is 11.0. The zero-order valence-electron chi connectivity index (χ0n) is 9.02. The van der Waals surface area contributed by atoms with Crippen molar-refractivity contribution in [3.63, 3.8) is 0 Å². The van der Waals surface area contributed by atoms with Crippen molar-refractivity contribution in [2.45, 2.75) is 27.0 Å². The van der Waals surface area contributed by atoms with E-state index in [0.717, 1.165) is 17.0 Å². The van der Waals surface area contributed by atoms with Crippen LogP contribution in [0.5, 0.6) is 0 Å². The number of aromatic nitrogens is 4. The van der Waals surface area contributed by atoms with Gasteiger partial charge in [0.25, 0.3) is 0 Å². The van der Waals surface area contributed by atoms with E-state index in [2.05, 4.69) is 15.4 Å². The topological polar surface area (TPSA) is 79.9 Å². The molecule has 0 aliphatic carbocycles. The van der Waals surface area contributed by atoms with Gasteiger partial charge >= 0.3 is 0 Å². The number of aryl methyl sites for hydroxylation is 2. The molecule has 0 unspecified atom stereocenters. The second-order valence-electron chi connectivity index (χ2n) is 3.49. The molecule has 16 heavy (non-hydrogen) atoms. The second-order valence-corrected chi connectivity index (χ2v) is 3.88. The van der Waals surface area contributed by atoms with Crippen LogP contribution in [-0.2, 0) is 13.2 Å². The molecule has 0 amide bonds. The first-order valence-electron chi connectivity index (χ1n) is 4.80. The highest BCUT2D eigenvalue weighted by atomic mass is 32.1. The van der Waals surface area contributed by atoms with E-state index in [-0.39, 0.29) is 6.61 Å². The maximum absolute atomic E-state index is 9.11. The van der Waals surface area contributed by atoms with Crippen molar-refractivity contribution < 1.29 is 9.63 Å². The SMILES string of the molecule is Cc1noc(C)c1Cn1c(CO)n[nH]c1=S. The molecule has 0 aromatic carbocycles. The normalized spacial score (nSPS) is 10.9. The Bertz CT molecular complexity index is 535. The van der Waals surface area contributed by atoms with Gasteiger partial charge in [0.1, 0.15) is 12.4 Å². The van der Waals surface area contributed by atoms with Crippen LogP contribution < -0.4 is 0 Å². The fourth-order valence-electron chi connectivity index (χ4n) is 1.52. The van der Waals surface area contributed by atoms with Crippen LogP contribution >= 0.6 is 12.2 Å². The predicted molar refractivity (Wildman–Crippen MR) is 58.4 cm³/mol. The third kappa shape index (κ3) is 1.79. The molecule has 7 heteroatoms. The van der Waals surface area contributed by atoms with Gasteiger partial charge in [-0.3, -0.25) is 9.67 Å². The molecule has 0 bridgehead atoms. The molecule has 0 radical (unpaired) electrons. The molecule has 0 fully saturated rings. The van der Waals surface area contributed by atoms with Crippen LogP contribution in [0.2, 0.25) is 0 Å². The average Bonchev–Trinajstić information content (AvgIpc) is 2.77. The van der Waals surface area contributed by atoms with Crippen LogP contribution in [0.4, 0.5) is 0 Å². The quantitative estimate of drug-likeness (QED) is 0.785. The molecule has 2 N–H and O–H groups in total. The summed E-state index contributed by atoms with van der Waals surface area (Å²) in [4.78, 5) is 0. The zero-order chi connectivity index (χ0) is 11.7. The molecule has 6 nitrogen and oxygen atoms in total. The molecule has 0 aliphatic heterocycles. The van der Waals surface area contributed by atoms with Gasteiger partial charge < -0.3 is 9.63 Å². The van der Waals surface area contributed by atoms with Crippen molar-refractivity contribution >= 4 is 12.2 Å². The molecule has 0 atom stereocenters. The van der Waals surface area contributed by atoms with Crippen molar-refractivity contribution in [3.8, 4) is 0 Å². The third-order valence-electron chi connectivity index (χ3n) is 2.48. The Hall–Kier alpha value is -1.47. The number of nitrogens with one attached hydrogen (secondary N) is 1. The number of aromatic amines is 1. The summed E-state index contributed by atoms with van der Waals surface area (Å²) < 4.78 is 7.27. The Balaban J connectivity index is 2.41. The predicted octanol–water partition coefficient (Wildman–Crippen LogP) is 1.09. The molecule has 2 aromatic rings. The smallest absolute Gasteiger partial charge is 0.195 e. The fraction of sp³-hybridized carbons (Fsp3) is 0.444. The van der Waals surface area contributed by atoms with E-state index in [0.29, 0.717) is 17.1 Å². The number of aliphatic hydroxyl groups excluding tert-OH is 1. The Kier molecular flexibility index (Phi) is 2.88. The lowest BCUT2D eigenvalue weighted by Crippen LogP contribution is -2.06. The summed E-state index contributed by atoms with van der Waals surface area (Å²) in [7, 11) is 0. The molecule has 2 heterocycles. The third-order valence-corrected chi connectivity index (χ3v) is 2.79. The Morgan fingerprint density at radius 1 is 1.50 bits per heavy atom. The minimum atomic E-state index is -0.156. The highest BCUT2D eigenvalue weighted by Gasteiger charge is 2.12. The van der Waals surface area contributed by atoms with Crippen molar-refractivity contribution in [3.05, 3.63) is 27.6 Å². The molecule has 86 valence electrons. The van der Waals surface area contributed by atoms with Crippen LogP contribution in [0.25, 0.3) is 0 Å². The largest absolute Gasteiger partial charge is 0.388 e. The van der Waals surface area contributed by atoms with Gasteiger partial charge in [-0.25, -0.2) is 0 Å². The number of rotatable bonds is 3. The first-order chi connectivity index (χ1) is 7.63. The summed E-state index contributed by atoms with van der Waals surface area (Å²) in [5.41, 5.74) is 1.79. The molecule has 0 saturated carbocycles. The highest BCUT2D eigenvalue weighted by Crippen LogP contribution is 2.14. The molecule has 0 spiro atoms. The lowest BCUT2D eigenvalue weighted by molar-refractivity contribution is 0.265. The van der Waals surface area contributed by atoms with Gasteiger partial charge in [0, 0.05) is 5.56 Å². The molecule has 2 rings (SSSR count). The fourth-order valence-corrected chi connectivity index (χ4v) is 1.74. The van der Waals surface area contributed by atoms with Gasteiger partial charge in [0.2, 0.25) is 0 Å². The standard InChI is InChI=1S/C9H12N4O2S/c1-5-7(6(2)15-12-5)3-13-8(4-14)10-11-9(13)16/h14H,3-4H2,1-2H3,(H,11,16). The van der Waals surface area contributed by atoms with E-state index in [1.807, 2.05) is 13.8 Å². The summed E-state index contributed by atoms with van der Waals surface area (Å²) in [6, 6.07) is 0. The average molecular weight is 240 g/mol. The maximum atomic E-state index is 9.11. The summed E-state index contributed by atoms with van der Waals surface area (Å²) in [6.45, 7) is 4.06. The summed E-state index contributed by atoms with van der Waals surface area (Å²) in [6.07, 6.45) is 0.